The molecule has 168 valence electrons. The van der Waals surface area contributed by atoms with E-state index in [1.807, 2.05) is 71.3 Å². The molecule has 2 aromatic carbocycles. The van der Waals surface area contributed by atoms with Gasteiger partial charge < -0.3 is 19.0 Å². The van der Waals surface area contributed by atoms with Gasteiger partial charge in [-0.15, -0.1) is 0 Å². The number of ether oxygens (including phenoxy) is 1. The molecule has 0 unspecified atom stereocenters. The van der Waals surface area contributed by atoms with Gasteiger partial charge in [0, 0.05) is 6.54 Å². The van der Waals surface area contributed by atoms with Gasteiger partial charge in [0.15, 0.2) is 5.43 Å². The lowest BCUT2D eigenvalue weighted by Gasteiger charge is -2.26. The van der Waals surface area contributed by atoms with E-state index in [0.717, 1.165) is 35.4 Å². The zero-order chi connectivity index (χ0) is 23.0. The summed E-state index contributed by atoms with van der Waals surface area (Å²) in [5.41, 5.74) is 3.64. The first-order valence-electron chi connectivity index (χ1n) is 11.1. The summed E-state index contributed by atoms with van der Waals surface area (Å²) in [5.74, 6) is 0.640. The highest BCUT2D eigenvalue weighted by Crippen LogP contribution is 2.39. The van der Waals surface area contributed by atoms with Crippen LogP contribution in [0.25, 0.3) is 11.0 Å². The molecule has 0 spiro atoms. The van der Waals surface area contributed by atoms with Crippen LogP contribution in [0.5, 0.6) is 5.75 Å². The normalized spacial score (nSPS) is 15.6. The summed E-state index contributed by atoms with van der Waals surface area (Å²) in [6.45, 7) is 7.79. The highest BCUT2D eigenvalue weighted by molar-refractivity contribution is 5.99. The molecule has 6 heteroatoms. The van der Waals surface area contributed by atoms with Gasteiger partial charge in [0.25, 0.3) is 5.91 Å². The van der Waals surface area contributed by atoms with E-state index in [4.69, 9.17) is 9.15 Å². The van der Waals surface area contributed by atoms with Crippen LogP contribution >= 0.6 is 0 Å². The van der Waals surface area contributed by atoms with Gasteiger partial charge in [-0.05, 0) is 88.8 Å². The Morgan fingerprint density at radius 1 is 1.09 bits per heavy atom. The van der Waals surface area contributed by atoms with Gasteiger partial charge >= 0.3 is 0 Å². The Hall–Kier alpha value is -3.12. The quantitative estimate of drug-likeness (QED) is 0.555. The van der Waals surface area contributed by atoms with Crippen LogP contribution < -0.4 is 10.2 Å². The first-order chi connectivity index (χ1) is 15.3. The second kappa shape index (κ2) is 8.79. The summed E-state index contributed by atoms with van der Waals surface area (Å²) < 4.78 is 11.8. The van der Waals surface area contributed by atoms with Crippen molar-refractivity contribution in [3.63, 3.8) is 0 Å². The number of carbonyl (C=O) groups excluding carboxylic acids is 1. The van der Waals surface area contributed by atoms with Gasteiger partial charge in [-0.2, -0.15) is 0 Å². The number of amides is 1. The minimum absolute atomic E-state index is 0.139. The Morgan fingerprint density at radius 3 is 2.56 bits per heavy atom. The fourth-order valence-electron chi connectivity index (χ4n) is 4.35. The Bertz CT molecular complexity index is 1230. The minimum atomic E-state index is -0.498. The number of aryl methyl sites for hydroxylation is 2. The van der Waals surface area contributed by atoms with Gasteiger partial charge in [-0.25, -0.2) is 0 Å². The summed E-state index contributed by atoms with van der Waals surface area (Å²) in [4.78, 5) is 31.0. The SMILES string of the molecule is CCOc1cccc([C@@H]2c3c(oc4cc(C)c(C)cc4c3=O)C(=O)N2CCCN(C)C)c1. The number of nitrogens with zero attached hydrogens (tertiary/aromatic N) is 2. The smallest absolute Gasteiger partial charge is 0.290 e. The maximum Gasteiger partial charge on any atom is 0.290 e. The first-order valence-corrected chi connectivity index (χ1v) is 11.1. The molecule has 3 aromatic rings. The molecule has 0 bridgehead atoms. The van der Waals surface area contributed by atoms with Crippen LogP contribution in [0, 0.1) is 13.8 Å². The van der Waals surface area contributed by atoms with Crippen LogP contribution in [0.1, 0.15) is 52.2 Å². The van der Waals surface area contributed by atoms with E-state index >= 15 is 0 Å². The predicted molar refractivity (Wildman–Crippen MR) is 126 cm³/mol. The molecule has 0 radical (unpaired) electrons. The number of fused-ring (bicyclic) bond motifs is 2. The van der Waals surface area contributed by atoms with Gasteiger partial charge in [0.05, 0.1) is 23.6 Å². The molecule has 1 amide bonds. The topological polar surface area (TPSA) is 63.0 Å². The van der Waals surface area contributed by atoms with Gasteiger partial charge in [-0.1, -0.05) is 12.1 Å². The molecular formula is C26H30N2O4. The molecule has 4 rings (SSSR count). The van der Waals surface area contributed by atoms with Crippen LogP contribution in [0.3, 0.4) is 0 Å². The number of rotatable bonds is 7. The van der Waals surface area contributed by atoms with Crippen molar-refractivity contribution in [3.8, 4) is 5.75 Å². The van der Waals surface area contributed by atoms with Crippen molar-refractivity contribution in [3.05, 3.63) is 74.6 Å². The fraction of sp³-hybridized carbons (Fsp3) is 0.385. The van der Waals surface area contributed by atoms with Crippen LogP contribution in [-0.2, 0) is 0 Å². The number of hydrogen-bond donors (Lipinski definition) is 0. The first kappa shape index (κ1) is 22.1. The molecule has 1 aliphatic heterocycles. The Balaban J connectivity index is 1.89. The maximum absolute atomic E-state index is 13.7. The lowest BCUT2D eigenvalue weighted by atomic mass is 9.97. The van der Waals surface area contributed by atoms with Crippen molar-refractivity contribution < 1.29 is 13.9 Å². The lowest BCUT2D eigenvalue weighted by molar-refractivity contribution is 0.0722. The maximum atomic E-state index is 13.7. The van der Waals surface area contributed by atoms with E-state index in [0.29, 0.717) is 29.7 Å². The molecular weight excluding hydrogens is 404 g/mol. The number of carbonyl (C=O) groups is 1. The summed E-state index contributed by atoms with van der Waals surface area (Å²) in [6, 6.07) is 10.9. The van der Waals surface area contributed by atoms with Gasteiger partial charge in [0.1, 0.15) is 11.3 Å². The Labute approximate surface area is 188 Å². The second-order valence-corrected chi connectivity index (χ2v) is 8.67. The average molecular weight is 435 g/mol. The molecule has 0 fully saturated rings. The van der Waals surface area contributed by atoms with Crippen LogP contribution in [-0.4, -0.2) is 49.5 Å². The zero-order valence-corrected chi connectivity index (χ0v) is 19.4. The lowest BCUT2D eigenvalue weighted by Crippen LogP contribution is -2.32. The van der Waals surface area contributed by atoms with Crippen molar-refractivity contribution >= 4 is 16.9 Å². The third-order valence-electron chi connectivity index (χ3n) is 6.07. The van der Waals surface area contributed by atoms with Crippen molar-refractivity contribution in [1.82, 2.24) is 9.80 Å². The van der Waals surface area contributed by atoms with E-state index in [1.165, 1.54) is 0 Å². The molecule has 2 heterocycles. The van der Waals surface area contributed by atoms with Crippen LogP contribution in [0.4, 0.5) is 0 Å². The molecule has 0 N–H and O–H groups in total. The highest BCUT2D eigenvalue weighted by atomic mass is 16.5. The molecule has 1 aliphatic rings. The number of hydrogen-bond acceptors (Lipinski definition) is 5. The van der Waals surface area contributed by atoms with Crippen molar-refractivity contribution in [2.24, 2.45) is 0 Å². The zero-order valence-electron chi connectivity index (χ0n) is 19.4. The van der Waals surface area contributed by atoms with Crippen molar-refractivity contribution in [2.75, 3.05) is 33.8 Å². The molecule has 1 atom stereocenters. The Morgan fingerprint density at radius 2 is 1.84 bits per heavy atom. The average Bonchev–Trinajstić information content (AvgIpc) is 3.02. The van der Waals surface area contributed by atoms with Crippen molar-refractivity contribution in [1.29, 1.82) is 0 Å². The van der Waals surface area contributed by atoms with E-state index < -0.39 is 6.04 Å². The highest BCUT2D eigenvalue weighted by Gasteiger charge is 2.42. The predicted octanol–water partition coefficient (Wildman–Crippen LogP) is 4.31. The molecule has 0 saturated carbocycles. The largest absolute Gasteiger partial charge is 0.494 e. The number of benzene rings is 2. The molecule has 32 heavy (non-hydrogen) atoms. The molecule has 0 saturated heterocycles. The van der Waals surface area contributed by atoms with Gasteiger partial charge in [-0.3, -0.25) is 9.59 Å². The third-order valence-corrected chi connectivity index (χ3v) is 6.07. The molecule has 1 aromatic heterocycles. The summed E-state index contributed by atoms with van der Waals surface area (Å²) in [7, 11) is 4.01. The standard InChI is InChI=1S/C26H30N2O4/c1-6-31-19-10-7-9-18(15-19)23-22-24(29)20-13-16(2)17(3)14-21(20)32-25(22)26(30)28(23)12-8-11-27(4)5/h7,9-10,13-15,23H,6,8,11-12H2,1-5H3/t23-/m1/s1. The summed E-state index contributed by atoms with van der Waals surface area (Å²) in [5, 5.41) is 0.515. The molecule has 6 nitrogen and oxygen atoms in total. The second-order valence-electron chi connectivity index (χ2n) is 8.67. The monoisotopic (exact) mass is 434 g/mol. The minimum Gasteiger partial charge on any atom is -0.494 e. The van der Waals surface area contributed by atoms with E-state index in [9.17, 15) is 9.59 Å². The van der Waals surface area contributed by atoms with E-state index in [2.05, 4.69) is 4.90 Å². The molecule has 0 aliphatic carbocycles. The summed E-state index contributed by atoms with van der Waals surface area (Å²) >= 11 is 0. The third kappa shape index (κ3) is 3.91. The fourth-order valence-corrected chi connectivity index (χ4v) is 4.35. The van der Waals surface area contributed by atoms with E-state index in [-0.39, 0.29) is 17.1 Å². The Kier molecular flexibility index (Phi) is 6.07. The van der Waals surface area contributed by atoms with E-state index in [1.54, 1.807) is 4.90 Å². The van der Waals surface area contributed by atoms with Crippen molar-refractivity contribution in [2.45, 2.75) is 33.2 Å². The van der Waals surface area contributed by atoms with Gasteiger partial charge in [0.2, 0.25) is 5.76 Å². The van der Waals surface area contributed by atoms with Crippen LogP contribution in [0.15, 0.2) is 45.6 Å². The van der Waals surface area contributed by atoms with Crippen LogP contribution in [0.2, 0.25) is 0 Å². The summed E-state index contributed by atoms with van der Waals surface area (Å²) in [6.07, 6.45) is 0.792.